The third-order valence-electron chi connectivity index (χ3n) is 14.8. The molecule has 0 fully saturated rings. The summed E-state index contributed by atoms with van der Waals surface area (Å²) in [5.74, 6) is -0.882. The molecule has 0 N–H and O–H groups in total. The zero-order chi connectivity index (χ0) is 57.8. The van der Waals surface area contributed by atoms with Crippen molar-refractivity contribution in [2.24, 2.45) is 0 Å². The van der Waals surface area contributed by atoms with Crippen molar-refractivity contribution in [3.63, 3.8) is 0 Å². The lowest BCUT2D eigenvalue weighted by Crippen LogP contribution is -2.30. The second kappa shape index (κ2) is 67.8. The van der Waals surface area contributed by atoms with Crippen LogP contribution in [0.4, 0.5) is 0 Å². The van der Waals surface area contributed by atoms with Crippen molar-refractivity contribution in [2.45, 2.75) is 341 Å². The van der Waals surface area contributed by atoms with Gasteiger partial charge in [0, 0.05) is 19.3 Å². The summed E-state index contributed by atoms with van der Waals surface area (Å²) in [6, 6.07) is 0. The number of unbranched alkanes of at least 4 members (excludes halogenated alkanes) is 35. The lowest BCUT2D eigenvalue weighted by molar-refractivity contribution is -0.167. The first-order chi connectivity index (χ1) is 39.5. The predicted molar refractivity (Wildman–Crippen MR) is 348 cm³/mol. The van der Waals surface area contributed by atoms with Gasteiger partial charge in [-0.1, -0.05) is 311 Å². The van der Waals surface area contributed by atoms with Gasteiger partial charge in [-0.2, -0.15) is 0 Å². The molecule has 6 nitrogen and oxygen atoms in total. The van der Waals surface area contributed by atoms with Crippen LogP contribution < -0.4 is 0 Å². The van der Waals surface area contributed by atoms with Crippen molar-refractivity contribution in [3.05, 3.63) is 97.2 Å². The molecule has 1 atom stereocenters. The Morgan fingerprint density at radius 1 is 0.263 bits per heavy atom. The van der Waals surface area contributed by atoms with Crippen LogP contribution in [0, 0.1) is 0 Å². The molecular weight excluding hydrogens is 985 g/mol. The Hall–Kier alpha value is -3.67. The van der Waals surface area contributed by atoms with Crippen LogP contribution in [0.2, 0.25) is 0 Å². The molecule has 460 valence electrons. The summed E-state index contributed by atoms with van der Waals surface area (Å²) in [5.41, 5.74) is 0. The predicted octanol–water partition coefficient (Wildman–Crippen LogP) is 23.6. The minimum absolute atomic E-state index is 0.0788. The molecule has 0 heterocycles. The fourth-order valence-electron chi connectivity index (χ4n) is 9.71. The lowest BCUT2D eigenvalue weighted by atomic mass is 10.0. The topological polar surface area (TPSA) is 78.9 Å². The van der Waals surface area contributed by atoms with Gasteiger partial charge in [-0.15, -0.1) is 0 Å². The molecule has 0 aromatic carbocycles. The van der Waals surface area contributed by atoms with Crippen molar-refractivity contribution in [1.29, 1.82) is 0 Å². The maximum absolute atomic E-state index is 12.9. The van der Waals surface area contributed by atoms with E-state index in [0.29, 0.717) is 19.3 Å². The lowest BCUT2D eigenvalue weighted by Gasteiger charge is -2.18. The van der Waals surface area contributed by atoms with Gasteiger partial charge in [-0.25, -0.2) is 0 Å². The van der Waals surface area contributed by atoms with Gasteiger partial charge < -0.3 is 14.2 Å². The van der Waals surface area contributed by atoms with Crippen molar-refractivity contribution in [3.8, 4) is 0 Å². The van der Waals surface area contributed by atoms with Gasteiger partial charge in [0.15, 0.2) is 6.10 Å². The summed E-state index contributed by atoms with van der Waals surface area (Å²) in [7, 11) is 0. The summed E-state index contributed by atoms with van der Waals surface area (Å²) in [5, 5.41) is 0. The fourth-order valence-corrected chi connectivity index (χ4v) is 9.71. The number of carbonyl (C=O) groups is 3. The molecule has 0 bridgehead atoms. The average Bonchev–Trinajstić information content (AvgIpc) is 3.46. The second-order valence-electron chi connectivity index (χ2n) is 22.7. The maximum atomic E-state index is 12.9. The molecule has 0 aliphatic rings. The van der Waals surface area contributed by atoms with Crippen LogP contribution in [0.25, 0.3) is 0 Å². The van der Waals surface area contributed by atoms with Gasteiger partial charge in [0.05, 0.1) is 0 Å². The first kappa shape index (κ1) is 76.3. The molecule has 0 amide bonds. The second-order valence-corrected chi connectivity index (χ2v) is 22.7. The summed E-state index contributed by atoms with van der Waals surface area (Å²) in [6.07, 6.45) is 91.6. The highest BCUT2D eigenvalue weighted by Crippen LogP contribution is 2.17. The Bertz CT molecular complexity index is 1560. The number of esters is 3. The fraction of sp³-hybridized carbons (Fsp3) is 0.743. The van der Waals surface area contributed by atoms with Gasteiger partial charge in [-0.05, 0) is 103 Å². The maximum Gasteiger partial charge on any atom is 0.306 e. The van der Waals surface area contributed by atoms with E-state index in [4.69, 9.17) is 14.2 Å². The van der Waals surface area contributed by atoms with Gasteiger partial charge in [-0.3, -0.25) is 14.4 Å². The third-order valence-corrected chi connectivity index (χ3v) is 14.8. The molecule has 80 heavy (non-hydrogen) atoms. The van der Waals surface area contributed by atoms with Crippen LogP contribution in [0.3, 0.4) is 0 Å². The number of hydrogen-bond donors (Lipinski definition) is 0. The number of carbonyl (C=O) groups excluding carboxylic acids is 3. The average molecular weight is 1110 g/mol. The van der Waals surface area contributed by atoms with Crippen LogP contribution >= 0.6 is 0 Å². The van der Waals surface area contributed by atoms with Gasteiger partial charge in [0.1, 0.15) is 13.2 Å². The molecule has 0 saturated carbocycles. The Morgan fingerprint density at radius 3 is 0.762 bits per heavy atom. The first-order valence-corrected chi connectivity index (χ1v) is 34.2. The molecule has 0 aromatic heterocycles. The molecular formula is C74H128O6. The van der Waals surface area contributed by atoms with E-state index in [1.54, 1.807) is 0 Å². The molecule has 0 spiro atoms. The summed E-state index contributed by atoms with van der Waals surface area (Å²) < 4.78 is 16.9. The largest absolute Gasteiger partial charge is 0.462 e. The van der Waals surface area contributed by atoms with E-state index in [1.165, 1.54) is 180 Å². The van der Waals surface area contributed by atoms with E-state index >= 15 is 0 Å². The molecule has 0 aliphatic carbocycles. The minimum Gasteiger partial charge on any atom is -0.462 e. The monoisotopic (exact) mass is 1110 g/mol. The Balaban J connectivity index is 4.10. The summed E-state index contributed by atoms with van der Waals surface area (Å²) in [4.78, 5) is 38.2. The Morgan fingerprint density at radius 2 is 0.487 bits per heavy atom. The Labute approximate surface area is 496 Å². The number of rotatable bonds is 62. The molecule has 0 radical (unpaired) electrons. The smallest absolute Gasteiger partial charge is 0.306 e. The van der Waals surface area contributed by atoms with E-state index in [1.807, 2.05) is 0 Å². The highest BCUT2D eigenvalue weighted by Gasteiger charge is 2.19. The first-order valence-electron chi connectivity index (χ1n) is 34.2. The van der Waals surface area contributed by atoms with Crippen molar-refractivity contribution in [2.75, 3.05) is 13.2 Å². The van der Waals surface area contributed by atoms with Gasteiger partial charge in [0.2, 0.25) is 0 Å². The zero-order valence-corrected chi connectivity index (χ0v) is 52.8. The van der Waals surface area contributed by atoms with Crippen molar-refractivity contribution in [1.82, 2.24) is 0 Å². The van der Waals surface area contributed by atoms with E-state index in [-0.39, 0.29) is 31.1 Å². The molecule has 0 rings (SSSR count). The Kier molecular flexibility index (Phi) is 64.7. The van der Waals surface area contributed by atoms with Crippen LogP contribution in [0.5, 0.6) is 0 Å². The standard InChI is InChI=1S/C74H128O6/c1-4-7-10-13-16-19-21-23-25-27-29-31-32-33-34-35-36-37-38-39-40-41-42-44-45-47-49-51-53-55-58-61-64-67-73(76)79-70-71(69-78-72(75)66-63-60-57-18-15-12-9-6-3)80-74(77)68-65-62-59-56-54-52-50-48-46-43-30-28-26-24-22-20-17-14-11-8-5-2/h7,10,16,19,22-25,28-31,33-34,46,48,71H,4-6,8-9,11-15,17-18,20-21,26-27,32,35-45,47,49-70H2,1-3H3/b10-7-,19-16-,24-22-,25-23-,30-28-,31-29-,34-33-,48-46-. The number of hydrogen-bond acceptors (Lipinski definition) is 6. The van der Waals surface area contributed by atoms with Crippen LogP contribution in [0.1, 0.15) is 335 Å². The molecule has 0 aliphatic heterocycles. The third kappa shape index (κ3) is 65.1. The summed E-state index contributed by atoms with van der Waals surface area (Å²) >= 11 is 0. The van der Waals surface area contributed by atoms with E-state index in [9.17, 15) is 14.4 Å². The van der Waals surface area contributed by atoms with Gasteiger partial charge >= 0.3 is 17.9 Å². The quantitative estimate of drug-likeness (QED) is 0.0261. The van der Waals surface area contributed by atoms with Crippen LogP contribution in [-0.2, 0) is 28.6 Å². The van der Waals surface area contributed by atoms with Crippen LogP contribution in [-0.4, -0.2) is 37.2 Å². The zero-order valence-electron chi connectivity index (χ0n) is 52.8. The van der Waals surface area contributed by atoms with E-state index < -0.39 is 6.10 Å². The highest BCUT2D eigenvalue weighted by molar-refractivity contribution is 5.71. The highest BCUT2D eigenvalue weighted by atomic mass is 16.6. The van der Waals surface area contributed by atoms with E-state index in [0.717, 1.165) is 116 Å². The molecule has 0 aromatic rings. The summed E-state index contributed by atoms with van der Waals surface area (Å²) in [6.45, 7) is 6.51. The SMILES string of the molecule is CC/C=C\C/C=C\C/C=C\C/C=C\C/C=C\CCCCCCCCCCCCCCCCCCCC(=O)OCC(COC(=O)CCCCCCCCCC)OC(=O)CCCCCCCC/C=C\C/C=C\C/C=C\CCCCCCC. The molecule has 6 heteroatoms. The van der Waals surface area contributed by atoms with E-state index in [2.05, 4.69) is 118 Å². The molecule has 1 unspecified atom stereocenters. The number of ether oxygens (including phenoxy) is 3. The molecule has 0 saturated heterocycles. The normalized spacial score (nSPS) is 12.7. The number of allylic oxidation sites excluding steroid dienone is 16. The van der Waals surface area contributed by atoms with Gasteiger partial charge in [0.25, 0.3) is 0 Å². The van der Waals surface area contributed by atoms with Crippen molar-refractivity contribution < 1.29 is 28.6 Å². The van der Waals surface area contributed by atoms with Crippen molar-refractivity contribution >= 4 is 17.9 Å². The minimum atomic E-state index is -0.781. The van der Waals surface area contributed by atoms with Crippen LogP contribution in [0.15, 0.2) is 97.2 Å².